The third kappa shape index (κ3) is 4.77. The van der Waals surface area contributed by atoms with E-state index in [2.05, 4.69) is 0 Å². The number of carboxylic acids is 1. The third-order valence-corrected chi connectivity index (χ3v) is 2.36. The van der Waals surface area contributed by atoms with Crippen molar-refractivity contribution in [2.75, 3.05) is 26.8 Å². The van der Waals surface area contributed by atoms with Crippen molar-refractivity contribution in [3.63, 3.8) is 0 Å². The molecule has 0 aliphatic carbocycles. The molecular formula is C12H15F2NO3. The summed E-state index contributed by atoms with van der Waals surface area (Å²) in [6.45, 7) is 0.827. The molecule has 6 heteroatoms. The minimum absolute atomic E-state index is 0.178. The van der Waals surface area contributed by atoms with E-state index in [1.807, 2.05) is 0 Å². The molecule has 1 N–H and O–H groups in total. The monoisotopic (exact) mass is 259 g/mol. The van der Waals surface area contributed by atoms with E-state index < -0.39 is 17.6 Å². The molecule has 0 aromatic heterocycles. The van der Waals surface area contributed by atoms with Gasteiger partial charge in [-0.1, -0.05) is 6.07 Å². The first-order valence-corrected chi connectivity index (χ1v) is 5.40. The predicted octanol–water partition coefficient (Wildman–Crippen LogP) is 1.50. The molecule has 0 fully saturated rings. The van der Waals surface area contributed by atoms with Gasteiger partial charge in [0.15, 0.2) is 11.6 Å². The standard InChI is InChI=1S/C12H15F2NO3/c1-18-5-4-15(8-12(16)17)7-9-2-3-10(13)11(14)6-9/h2-3,6H,4-5,7-8H2,1H3,(H,16,17). The summed E-state index contributed by atoms with van der Waals surface area (Å²) in [6, 6.07) is 3.52. The first-order valence-electron chi connectivity index (χ1n) is 5.40. The van der Waals surface area contributed by atoms with E-state index >= 15 is 0 Å². The minimum Gasteiger partial charge on any atom is -0.480 e. The van der Waals surface area contributed by atoms with Gasteiger partial charge in [0.05, 0.1) is 13.2 Å². The molecule has 1 aromatic rings. The Bertz CT molecular complexity index is 412. The van der Waals surface area contributed by atoms with Gasteiger partial charge in [0.25, 0.3) is 0 Å². The summed E-state index contributed by atoms with van der Waals surface area (Å²) in [5.41, 5.74) is 0.520. The fraction of sp³-hybridized carbons (Fsp3) is 0.417. The summed E-state index contributed by atoms with van der Waals surface area (Å²) in [7, 11) is 1.51. The van der Waals surface area contributed by atoms with Gasteiger partial charge in [-0.3, -0.25) is 9.69 Å². The van der Waals surface area contributed by atoms with Crippen molar-refractivity contribution in [1.82, 2.24) is 4.90 Å². The molecule has 0 aliphatic heterocycles. The first-order chi connectivity index (χ1) is 8.52. The normalized spacial score (nSPS) is 10.9. The lowest BCUT2D eigenvalue weighted by Crippen LogP contribution is -2.32. The lowest BCUT2D eigenvalue weighted by Gasteiger charge is -2.19. The molecule has 0 unspecified atom stereocenters. The predicted molar refractivity (Wildman–Crippen MR) is 61.1 cm³/mol. The Morgan fingerprint density at radius 2 is 2.11 bits per heavy atom. The summed E-state index contributed by atoms with van der Waals surface area (Å²) in [4.78, 5) is 12.2. The summed E-state index contributed by atoms with van der Waals surface area (Å²) in [5, 5.41) is 8.74. The number of rotatable bonds is 7. The summed E-state index contributed by atoms with van der Waals surface area (Å²) in [6.07, 6.45) is 0. The lowest BCUT2D eigenvalue weighted by molar-refractivity contribution is -0.138. The Kier molecular flexibility index (Phi) is 5.67. The zero-order chi connectivity index (χ0) is 13.5. The second-order valence-corrected chi connectivity index (χ2v) is 3.85. The van der Waals surface area contributed by atoms with Crippen molar-refractivity contribution in [3.8, 4) is 0 Å². The highest BCUT2D eigenvalue weighted by molar-refractivity contribution is 5.69. The number of aliphatic carboxylic acids is 1. The highest BCUT2D eigenvalue weighted by Gasteiger charge is 2.11. The van der Waals surface area contributed by atoms with E-state index in [1.165, 1.54) is 13.2 Å². The molecule has 0 amide bonds. The van der Waals surface area contributed by atoms with Gasteiger partial charge in [-0.2, -0.15) is 0 Å². The smallest absolute Gasteiger partial charge is 0.317 e. The molecule has 0 heterocycles. The van der Waals surface area contributed by atoms with Crippen LogP contribution in [0.4, 0.5) is 8.78 Å². The maximum atomic E-state index is 13.0. The number of hydrogen-bond acceptors (Lipinski definition) is 3. The molecule has 0 saturated carbocycles. The van der Waals surface area contributed by atoms with Crippen LogP contribution in [0.1, 0.15) is 5.56 Å². The van der Waals surface area contributed by atoms with Crippen LogP contribution in [0.15, 0.2) is 18.2 Å². The van der Waals surface area contributed by atoms with Crippen molar-refractivity contribution in [2.45, 2.75) is 6.54 Å². The average Bonchev–Trinajstić information content (AvgIpc) is 2.30. The Hall–Kier alpha value is -1.53. The number of methoxy groups -OCH3 is 1. The topological polar surface area (TPSA) is 49.8 Å². The highest BCUT2D eigenvalue weighted by Crippen LogP contribution is 2.10. The Balaban J connectivity index is 2.68. The van der Waals surface area contributed by atoms with Crippen LogP contribution < -0.4 is 0 Å². The molecule has 0 saturated heterocycles. The van der Waals surface area contributed by atoms with Crippen LogP contribution in [0.5, 0.6) is 0 Å². The zero-order valence-corrected chi connectivity index (χ0v) is 10.0. The number of hydrogen-bond donors (Lipinski definition) is 1. The van der Waals surface area contributed by atoms with Gasteiger partial charge in [0.1, 0.15) is 0 Å². The second kappa shape index (κ2) is 7.03. The fourth-order valence-corrected chi connectivity index (χ4v) is 1.52. The third-order valence-electron chi connectivity index (χ3n) is 2.36. The van der Waals surface area contributed by atoms with Crippen LogP contribution in [0, 0.1) is 11.6 Å². The fourth-order valence-electron chi connectivity index (χ4n) is 1.52. The lowest BCUT2D eigenvalue weighted by atomic mass is 10.2. The maximum Gasteiger partial charge on any atom is 0.317 e. The van der Waals surface area contributed by atoms with E-state index in [4.69, 9.17) is 9.84 Å². The zero-order valence-electron chi connectivity index (χ0n) is 10.0. The van der Waals surface area contributed by atoms with E-state index in [0.717, 1.165) is 12.1 Å². The molecule has 0 atom stereocenters. The molecule has 0 radical (unpaired) electrons. The molecule has 0 spiro atoms. The van der Waals surface area contributed by atoms with E-state index in [-0.39, 0.29) is 13.1 Å². The van der Waals surface area contributed by atoms with Gasteiger partial charge < -0.3 is 9.84 Å². The van der Waals surface area contributed by atoms with Gasteiger partial charge >= 0.3 is 5.97 Å². The van der Waals surface area contributed by atoms with Gasteiger partial charge in [-0.25, -0.2) is 8.78 Å². The van der Waals surface area contributed by atoms with E-state index in [9.17, 15) is 13.6 Å². The number of carboxylic acid groups (broad SMARTS) is 1. The number of benzene rings is 1. The van der Waals surface area contributed by atoms with E-state index in [1.54, 1.807) is 4.90 Å². The van der Waals surface area contributed by atoms with Crippen molar-refractivity contribution in [3.05, 3.63) is 35.4 Å². The van der Waals surface area contributed by atoms with Crippen molar-refractivity contribution in [1.29, 1.82) is 0 Å². The summed E-state index contributed by atoms with van der Waals surface area (Å²) in [5.74, 6) is -2.83. The first kappa shape index (κ1) is 14.5. The number of ether oxygens (including phenoxy) is 1. The SMILES string of the molecule is COCCN(CC(=O)O)Cc1ccc(F)c(F)c1. The van der Waals surface area contributed by atoms with Gasteiger partial charge in [0, 0.05) is 20.2 Å². The molecule has 4 nitrogen and oxygen atoms in total. The Labute approximate surface area is 104 Å². The van der Waals surface area contributed by atoms with Gasteiger partial charge in [0.2, 0.25) is 0 Å². The number of carbonyl (C=O) groups is 1. The second-order valence-electron chi connectivity index (χ2n) is 3.85. The number of nitrogens with zero attached hydrogens (tertiary/aromatic N) is 1. The van der Waals surface area contributed by atoms with E-state index in [0.29, 0.717) is 18.7 Å². The maximum absolute atomic E-state index is 13.0. The summed E-state index contributed by atoms with van der Waals surface area (Å²) >= 11 is 0. The molecule has 1 aromatic carbocycles. The van der Waals surface area contributed by atoms with Gasteiger partial charge in [-0.15, -0.1) is 0 Å². The number of halogens is 2. The van der Waals surface area contributed by atoms with Crippen molar-refractivity contribution in [2.24, 2.45) is 0 Å². The largest absolute Gasteiger partial charge is 0.480 e. The van der Waals surface area contributed by atoms with Crippen LogP contribution in [0.25, 0.3) is 0 Å². The molecule has 18 heavy (non-hydrogen) atoms. The molecule has 0 aliphatic rings. The quantitative estimate of drug-likeness (QED) is 0.806. The molecular weight excluding hydrogens is 244 g/mol. The van der Waals surface area contributed by atoms with Crippen LogP contribution in [-0.4, -0.2) is 42.8 Å². The van der Waals surface area contributed by atoms with Crippen LogP contribution in [-0.2, 0) is 16.1 Å². The van der Waals surface area contributed by atoms with Gasteiger partial charge in [-0.05, 0) is 17.7 Å². The van der Waals surface area contributed by atoms with Crippen molar-refractivity contribution >= 4 is 5.97 Å². The Morgan fingerprint density at radius 3 is 2.67 bits per heavy atom. The summed E-state index contributed by atoms with van der Waals surface area (Å²) < 4.78 is 30.6. The average molecular weight is 259 g/mol. The molecule has 100 valence electrons. The van der Waals surface area contributed by atoms with Crippen LogP contribution in [0.3, 0.4) is 0 Å². The Morgan fingerprint density at radius 1 is 1.39 bits per heavy atom. The van der Waals surface area contributed by atoms with Crippen LogP contribution >= 0.6 is 0 Å². The van der Waals surface area contributed by atoms with Crippen molar-refractivity contribution < 1.29 is 23.4 Å². The molecule has 0 bridgehead atoms. The minimum atomic E-state index is -0.978. The molecule has 1 rings (SSSR count). The van der Waals surface area contributed by atoms with Crippen LogP contribution in [0.2, 0.25) is 0 Å². The highest BCUT2D eigenvalue weighted by atomic mass is 19.2.